The number of carbonyl (C=O) groups is 1. The molecular weight excluding hydrogens is 464 g/mol. The lowest BCUT2D eigenvalue weighted by molar-refractivity contribution is -0.136. The average Bonchev–Trinajstić information content (AvgIpc) is 2.82. The highest BCUT2D eigenvalue weighted by Crippen LogP contribution is 2.43. The summed E-state index contributed by atoms with van der Waals surface area (Å²) >= 11 is 5.85. The smallest absolute Gasteiger partial charge is 0.349 e. The van der Waals surface area contributed by atoms with Crippen LogP contribution in [0.1, 0.15) is 43.4 Å². The fourth-order valence-electron chi connectivity index (χ4n) is 3.85. The van der Waals surface area contributed by atoms with Gasteiger partial charge in [0, 0.05) is 16.7 Å². The van der Waals surface area contributed by atoms with Gasteiger partial charge >= 0.3 is 5.97 Å². The van der Waals surface area contributed by atoms with E-state index >= 15 is 0 Å². The van der Waals surface area contributed by atoms with Crippen molar-refractivity contribution in [1.29, 1.82) is 5.26 Å². The molecular formula is C28H25ClN2O4. The van der Waals surface area contributed by atoms with Gasteiger partial charge in [0.15, 0.2) is 6.61 Å². The molecule has 7 heteroatoms. The van der Waals surface area contributed by atoms with Crippen LogP contribution in [0.4, 0.5) is 0 Å². The van der Waals surface area contributed by atoms with Gasteiger partial charge in [-0.15, -0.1) is 0 Å². The van der Waals surface area contributed by atoms with E-state index in [4.69, 9.17) is 31.5 Å². The number of ether oxygens (including phenoxy) is 3. The van der Waals surface area contributed by atoms with Crippen molar-refractivity contribution in [3.63, 3.8) is 0 Å². The number of allylic oxidation sites excluding steroid dienone is 1. The molecule has 0 saturated carbocycles. The van der Waals surface area contributed by atoms with E-state index in [1.54, 1.807) is 42.5 Å². The first-order valence-corrected chi connectivity index (χ1v) is 11.4. The summed E-state index contributed by atoms with van der Waals surface area (Å²) in [7, 11) is 0. The van der Waals surface area contributed by atoms with E-state index in [1.807, 2.05) is 12.1 Å². The highest BCUT2D eigenvalue weighted by molar-refractivity contribution is 6.30. The Morgan fingerprint density at radius 3 is 2.34 bits per heavy atom. The van der Waals surface area contributed by atoms with Crippen LogP contribution in [-0.2, 0) is 10.2 Å². The van der Waals surface area contributed by atoms with E-state index in [-0.39, 0.29) is 23.7 Å². The Labute approximate surface area is 209 Å². The number of nitrogens with zero attached hydrogens (tertiary/aromatic N) is 1. The minimum Gasteiger partial charge on any atom is -0.482 e. The number of nitrogens with two attached hydrogens (primary N) is 1. The van der Waals surface area contributed by atoms with E-state index in [0.717, 1.165) is 11.1 Å². The van der Waals surface area contributed by atoms with Crippen molar-refractivity contribution in [2.75, 3.05) is 6.61 Å². The second kappa shape index (κ2) is 9.73. The van der Waals surface area contributed by atoms with E-state index in [1.165, 1.54) is 5.56 Å². The maximum atomic E-state index is 12.3. The van der Waals surface area contributed by atoms with Gasteiger partial charge in [-0.3, -0.25) is 0 Å². The quantitative estimate of drug-likeness (QED) is 0.358. The van der Waals surface area contributed by atoms with Crippen LogP contribution in [0.2, 0.25) is 5.02 Å². The van der Waals surface area contributed by atoms with Crippen molar-refractivity contribution in [2.24, 2.45) is 5.73 Å². The third kappa shape index (κ3) is 5.42. The summed E-state index contributed by atoms with van der Waals surface area (Å²) in [6, 6.07) is 22.0. The van der Waals surface area contributed by atoms with Crippen molar-refractivity contribution in [3.05, 3.63) is 99.9 Å². The summed E-state index contributed by atoms with van der Waals surface area (Å²) in [5, 5.41) is 10.4. The molecule has 0 amide bonds. The zero-order chi connectivity index (χ0) is 25.2. The van der Waals surface area contributed by atoms with Gasteiger partial charge in [0.2, 0.25) is 5.88 Å². The van der Waals surface area contributed by atoms with Gasteiger partial charge < -0.3 is 19.9 Å². The molecule has 0 bridgehead atoms. The number of halogens is 1. The van der Waals surface area contributed by atoms with Crippen molar-refractivity contribution in [3.8, 4) is 23.3 Å². The van der Waals surface area contributed by atoms with Gasteiger partial charge in [0.25, 0.3) is 0 Å². The van der Waals surface area contributed by atoms with Crippen LogP contribution in [0.3, 0.4) is 0 Å². The van der Waals surface area contributed by atoms with Crippen LogP contribution in [0, 0.1) is 11.3 Å². The fraction of sp³-hybridized carbons (Fsp3) is 0.214. The SMILES string of the molecule is CC(C)(C)c1ccc(C2C(C#N)=C(N)Oc3cc(OC(=O)COc4ccc(Cl)cc4)ccc32)cc1. The lowest BCUT2D eigenvalue weighted by Gasteiger charge is -2.27. The molecule has 3 aromatic carbocycles. The first-order valence-electron chi connectivity index (χ1n) is 11.1. The standard InChI is InChI=1S/C28H25ClN2O4/c1-28(2,3)18-6-4-17(5-7-18)26-22-13-12-21(14-24(22)35-27(31)23(26)15-30)34-25(32)16-33-20-10-8-19(29)9-11-20/h4-14,26H,16,31H2,1-3H3. The van der Waals surface area contributed by atoms with Crippen LogP contribution in [-0.4, -0.2) is 12.6 Å². The van der Waals surface area contributed by atoms with Crippen LogP contribution in [0.25, 0.3) is 0 Å². The van der Waals surface area contributed by atoms with Gasteiger partial charge in [-0.25, -0.2) is 4.79 Å². The number of esters is 1. The first-order chi connectivity index (χ1) is 16.7. The van der Waals surface area contributed by atoms with Crippen LogP contribution in [0.5, 0.6) is 17.2 Å². The molecule has 0 fully saturated rings. The minimum atomic E-state index is -0.578. The second-order valence-electron chi connectivity index (χ2n) is 9.21. The topological polar surface area (TPSA) is 94.6 Å². The Morgan fingerprint density at radius 2 is 1.71 bits per heavy atom. The van der Waals surface area contributed by atoms with E-state index in [2.05, 4.69) is 39.0 Å². The fourth-order valence-corrected chi connectivity index (χ4v) is 3.98. The maximum Gasteiger partial charge on any atom is 0.349 e. The maximum absolute atomic E-state index is 12.3. The molecule has 0 radical (unpaired) electrons. The molecule has 1 atom stereocenters. The monoisotopic (exact) mass is 488 g/mol. The van der Waals surface area contributed by atoms with Gasteiger partial charge in [0.1, 0.15) is 28.9 Å². The molecule has 1 aliphatic rings. The highest BCUT2D eigenvalue weighted by Gasteiger charge is 2.31. The average molecular weight is 489 g/mol. The van der Waals surface area contributed by atoms with E-state index < -0.39 is 11.9 Å². The number of hydrogen-bond donors (Lipinski definition) is 1. The normalized spacial score (nSPS) is 15.0. The molecule has 3 aromatic rings. The van der Waals surface area contributed by atoms with Crippen LogP contribution >= 0.6 is 11.6 Å². The second-order valence-corrected chi connectivity index (χ2v) is 9.65. The number of nitriles is 1. The highest BCUT2D eigenvalue weighted by atomic mass is 35.5. The molecule has 178 valence electrons. The Hall–Kier alpha value is -3.95. The molecule has 1 aliphatic heterocycles. The molecule has 0 aliphatic carbocycles. The predicted octanol–water partition coefficient (Wildman–Crippen LogP) is 5.84. The lowest BCUT2D eigenvalue weighted by atomic mass is 9.81. The Morgan fingerprint density at radius 1 is 1.06 bits per heavy atom. The molecule has 1 unspecified atom stereocenters. The predicted molar refractivity (Wildman–Crippen MR) is 133 cm³/mol. The summed E-state index contributed by atoms with van der Waals surface area (Å²) < 4.78 is 16.6. The Balaban J connectivity index is 1.55. The van der Waals surface area contributed by atoms with Crippen molar-refractivity contribution < 1.29 is 19.0 Å². The lowest BCUT2D eigenvalue weighted by Crippen LogP contribution is -2.22. The van der Waals surface area contributed by atoms with Crippen LogP contribution in [0.15, 0.2) is 78.2 Å². The van der Waals surface area contributed by atoms with Crippen molar-refractivity contribution in [1.82, 2.24) is 0 Å². The summed E-state index contributed by atoms with van der Waals surface area (Å²) in [6.07, 6.45) is 0. The molecule has 4 rings (SSSR count). The number of rotatable bonds is 5. The zero-order valence-corrected chi connectivity index (χ0v) is 20.4. The third-order valence-electron chi connectivity index (χ3n) is 5.70. The third-order valence-corrected chi connectivity index (χ3v) is 5.95. The molecule has 0 aromatic heterocycles. The summed E-state index contributed by atoms with van der Waals surface area (Å²) in [5.41, 5.74) is 9.31. The largest absolute Gasteiger partial charge is 0.482 e. The summed E-state index contributed by atoms with van der Waals surface area (Å²) in [4.78, 5) is 12.3. The molecule has 0 spiro atoms. The Kier molecular flexibility index (Phi) is 6.72. The Bertz CT molecular complexity index is 1320. The number of benzene rings is 3. The van der Waals surface area contributed by atoms with Crippen molar-refractivity contribution >= 4 is 17.6 Å². The first kappa shape index (κ1) is 24.2. The number of carbonyl (C=O) groups excluding carboxylic acids is 1. The van der Waals surface area contributed by atoms with E-state index in [0.29, 0.717) is 22.1 Å². The molecule has 1 heterocycles. The minimum absolute atomic E-state index is 0.00902. The number of hydrogen-bond acceptors (Lipinski definition) is 6. The molecule has 0 saturated heterocycles. The number of fused-ring (bicyclic) bond motifs is 1. The van der Waals surface area contributed by atoms with Gasteiger partial charge in [0.05, 0.1) is 5.92 Å². The van der Waals surface area contributed by atoms with E-state index in [9.17, 15) is 10.1 Å². The summed E-state index contributed by atoms with van der Waals surface area (Å²) in [6.45, 7) is 6.16. The molecule has 2 N–H and O–H groups in total. The molecule has 6 nitrogen and oxygen atoms in total. The zero-order valence-electron chi connectivity index (χ0n) is 19.7. The van der Waals surface area contributed by atoms with Gasteiger partial charge in [-0.05, 0) is 46.9 Å². The van der Waals surface area contributed by atoms with Gasteiger partial charge in [-0.1, -0.05) is 62.7 Å². The molecule has 35 heavy (non-hydrogen) atoms. The van der Waals surface area contributed by atoms with Gasteiger partial charge in [-0.2, -0.15) is 5.26 Å². The van der Waals surface area contributed by atoms with Crippen molar-refractivity contribution in [2.45, 2.75) is 32.1 Å². The van der Waals surface area contributed by atoms with Crippen LogP contribution < -0.4 is 19.9 Å². The summed E-state index contributed by atoms with van der Waals surface area (Å²) in [5.74, 6) is 0.266.